The van der Waals surface area contributed by atoms with Gasteiger partial charge in [0.2, 0.25) is 0 Å². The van der Waals surface area contributed by atoms with Gasteiger partial charge in [-0.25, -0.2) is 4.79 Å². The minimum atomic E-state index is -0.850. The number of nitrogens with zero attached hydrogens (tertiary/aromatic N) is 1. The highest BCUT2D eigenvalue weighted by atomic mass is 16.4. The van der Waals surface area contributed by atoms with E-state index in [0.29, 0.717) is 17.6 Å². The number of rotatable bonds is 3. The van der Waals surface area contributed by atoms with Crippen LogP contribution in [0.15, 0.2) is 24.3 Å². The smallest absolute Gasteiger partial charge is 0.335 e. The van der Waals surface area contributed by atoms with E-state index in [2.05, 4.69) is 18.7 Å². The van der Waals surface area contributed by atoms with E-state index in [-0.39, 0.29) is 0 Å². The summed E-state index contributed by atoms with van der Waals surface area (Å²) in [7, 11) is 0. The van der Waals surface area contributed by atoms with Crippen molar-refractivity contribution in [3.8, 4) is 0 Å². The first-order valence-corrected chi connectivity index (χ1v) is 6.66. The lowest BCUT2D eigenvalue weighted by atomic mass is 9.96. The molecule has 1 aliphatic heterocycles. The average molecular weight is 247 g/mol. The Hall–Kier alpha value is -1.35. The lowest BCUT2D eigenvalue weighted by Crippen LogP contribution is -2.42. The van der Waals surface area contributed by atoms with E-state index in [1.54, 1.807) is 12.1 Å². The lowest BCUT2D eigenvalue weighted by Gasteiger charge is -2.39. The van der Waals surface area contributed by atoms with Crippen LogP contribution < -0.4 is 0 Å². The van der Waals surface area contributed by atoms with Gasteiger partial charge in [0.05, 0.1) is 5.56 Å². The summed E-state index contributed by atoms with van der Waals surface area (Å²) in [6.07, 6.45) is 3.78. The largest absolute Gasteiger partial charge is 0.478 e. The van der Waals surface area contributed by atoms with Crippen LogP contribution in [0.1, 0.15) is 49.0 Å². The average Bonchev–Trinajstić information content (AvgIpc) is 2.34. The summed E-state index contributed by atoms with van der Waals surface area (Å²) in [6.45, 7) is 5.37. The zero-order valence-electron chi connectivity index (χ0n) is 11.1. The van der Waals surface area contributed by atoms with E-state index in [4.69, 9.17) is 5.11 Å². The molecule has 0 radical (unpaired) electrons. The van der Waals surface area contributed by atoms with Crippen molar-refractivity contribution in [1.82, 2.24) is 4.90 Å². The maximum atomic E-state index is 11.0. The molecule has 1 aliphatic rings. The number of carboxylic acid groups (broad SMARTS) is 1. The molecule has 1 fully saturated rings. The third-order valence-corrected chi connectivity index (χ3v) is 3.92. The Morgan fingerprint density at radius 3 is 2.61 bits per heavy atom. The highest BCUT2D eigenvalue weighted by molar-refractivity contribution is 5.87. The van der Waals surface area contributed by atoms with E-state index < -0.39 is 5.97 Å². The van der Waals surface area contributed by atoms with Crippen LogP contribution in [0.2, 0.25) is 0 Å². The quantitative estimate of drug-likeness (QED) is 0.892. The molecule has 1 aromatic carbocycles. The standard InChI is InChI=1S/C15H21NO2/c1-11-5-3-6-12(2)16(11)10-13-7-4-8-14(9-13)15(17)18/h4,7-9,11-12H,3,5-6,10H2,1-2H3,(H,17,18)/t11-,12+. The van der Waals surface area contributed by atoms with Crippen molar-refractivity contribution in [1.29, 1.82) is 0 Å². The lowest BCUT2D eigenvalue weighted by molar-refractivity contribution is 0.0696. The molecular formula is C15H21NO2. The Labute approximate surface area is 108 Å². The molecule has 1 N–H and O–H groups in total. The van der Waals surface area contributed by atoms with E-state index in [1.807, 2.05) is 12.1 Å². The van der Waals surface area contributed by atoms with Crippen molar-refractivity contribution in [2.45, 2.75) is 51.7 Å². The summed E-state index contributed by atoms with van der Waals surface area (Å²) in [4.78, 5) is 13.4. The Balaban J connectivity index is 2.12. The predicted molar refractivity (Wildman–Crippen MR) is 71.7 cm³/mol. The van der Waals surface area contributed by atoms with Gasteiger partial charge in [0.25, 0.3) is 0 Å². The van der Waals surface area contributed by atoms with Gasteiger partial charge in [-0.1, -0.05) is 18.6 Å². The van der Waals surface area contributed by atoms with Gasteiger partial charge in [0.15, 0.2) is 0 Å². The number of aromatic carboxylic acids is 1. The fourth-order valence-corrected chi connectivity index (χ4v) is 2.80. The van der Waals surface area contributed by atoms with E-state index >= 15 is 0 Å². The zero-order chi connectivity index (χ0) is 13.1. The molecule has 0 amide bonds. The van der Waals surface area contributed by atoms with Crippen LogP contribution in [0.3, 0.4) is 0 Å². The Kier molecular flexibility index (Phi) is 4.02. The molecule has 0 spiro atoms. The Morgan fingerprint density at radius 1 is 1.33 bits per heavy atom. The van der Waals surface area contributed by atoms with Crippen LogP contribution >= 0.6 is 0 Å². The molecule has 1 heterocycles. The van der Waals surface area contributed by atoms with Gasteiger partial charge in [0, 0.05) is 18.6 Å². The molecule has 0 bridgehead atoms. The predicted octanol–water partition coefficient (Wildman–Crippen LogP) is 3.15. The summed E-state index contributed by atoms with van der Waals surface area (Å²) < 4.78 is 0. The Morgan fingerprint density at radius 2 is 2.00 bits per heavy atom. The summed E-state index contributed by atoms with van der Waals surface area (Å²) in [5.41, 5.74) is 1.47. The molecule has 18 heavy (non-hydrogen) atoms. The molecular weight excluding hydrogens is 226 g/mol. The second-order valence-corrected chi connectivity index (χ2v) is 5.31. The van der Waals surface area contributed by atoms with Crippen LogP contribution in [0.5, 0.6) is 0 Å². The van der Waals surface area contributed by atoms with Crippen molar-refractivity contribution in [3.05, 3.63) is 35.4 Å². The minimum absolute atomic E-state index is 0.379. The van der Waals surface area contributed by atoms with Gasteiger partial charge in [0.1, 0.15) is 0 Å². The summed E-state index contributed by atoms with van der Waals surface area (Å²) in [5, 5.41) is 9.01. The number of carboxylic acids is 1. The van der Waals surface area contributed by atoms with E-state index in [9.17, 15) is 4.79 Å². The van der Waals surface area contributed by atoms with Crippen LogP contribution in [0.4, 0.5) is 0 Å². The third-order valence-electron chi connectivity index (χ3n) is 3.92. The molecule has 1 saturated heterocycles. The van der Waals surface area contributed by atoms with Gasteiger partial charge in [-0.2, -0.15) is 0 Å². The SMILES string of the molecule is C[C@@H]1CCC[C@H](C)N1Cc1cccc(C(=O)O)c1. The third kappa shape index (κ3) is 2.91. The first-order valence-electron chi connectivity index (χ1n) is 6.66. The molecule has 98 valence electrons. The molecule has 1 aromatic rings. The van der Waals surface area contributed by atoms with Crippen molar-refractivity contribution < 1.29 is 9.90 Å². The minimum Gasteiger partial charge on any atom is -0.478 e. The van der Waals surface area contributed by atoms with Gasteiger partial charge < -0.3 is 5.11 Å². The van der Waals surface area contributed by atoms with E-state index in [0.717, 1.165) is 12.1 Å². The van der Waals surface area contributed by atoms with Gasteiger partial charge in [-0.15, -0.1) is 0 Å². The number of carbonyl (C=O) groups is 1. The first kappa shape index (κ1) is 13.1. The number of benzene rings is 1. The number of hydrogen-bond acceptors (Lipinski definition) is 2. The van der Waals surface area contributed by atoms with Crippen LogP contribution in [-0.4, -0.2) is 28.1 Å². The number of hydrogen-bond donors (Lipinski definition) is 1. The molecule has 0 aliphatic carbocycles. The van der Waals surface area contributed by atoms with Crippen molar-refractivity contribution in [2.75, 3.05) is 0 Å². The fourth-order valence-electron chi connectivity index (χ4n) is 2.80. The topological polar surface area (TPSA) is 40.5 Å². The van der Waals surface area contributed by atoms with Crippen molar-refractivity contribution in [2.24, 2.45) is 0 Å². The van der Waals surface area contributed by atoms with Crippen LogP contribution in [-0.2, 0) is 6.54 Å². The monoisotopic (exact) mass is 247 g/mol. The summed E-state index contributed by atoms with van der Waals surface area (Å²) in [5.74, 6) is -0.850. The fraction of sp³-hybridized carbons (Fsp3) is 0.533. The van der Waals surface area contributed by atoms with Crippen molar-refractivity contribution in [3.63, 3.8) is 0 Å². The van der Waals surface area contributed by atoms with Crippen LogP contribution in [0.25, 0.3) is 0 Å². The van der Waals surface area contributed by atoms with Crippen LogP contribution in [0, 0.1) is 0 Å². The molecule has 3 heteroatoms. The van der Waals surface area contributed by atoms with Gasteiger partial charge in [-0.3, -0.25) is 4.90 Å². The first-order chi connectivity index (χ1) is 8.58. The molecule has 2 atom stereocenters. The highest BCUT2D eigenvalue weighted by Crippen LogP contribution is 2.24. The molecule has 0 unspecified atom stereocenters. The second-order valence-electron chi connectivity index (χ2n) is 5.31. The highest BCUT2D eigenvalue weighted by Gasteiger charge is 2.24. The maximum Gasteiger partial charge on any atom is 0.335 e. The van der Waals surface area contributed by atoms with E-state index in [1.165, 1.54) is 19.3 Å². The van der Waals surface area contributed by atoms with Gasteiger partial charge >= 0.3 is 5.97 Å². The Bertz CT molecular complexity index is 420. The second kappa shape index (κ2) is 5.53. The summed E-state index contributed by atoms with van der Waals surface area (Å²) >= 11 is 0. The number of likely N-dealkylation sites (tertiary alicyclic amines) is 1. The molecule has 3 nitrogen and oxygen atoms in total. The maximum absolute atomic E-state index is 11.0. The zero-order valence-corrected chi connectivity index (χ0v) is 11.1. The molecule has 0 saturated carbocycles. The molecule has 2 rings (SSSR count). The van der Waals surface area contributed by atoms with Crippen molar-refractivity contribution >= 4 is 5.97 Å². The number of piperidine rings is 1. The summed E-state index contributed by atoms with van der Waals surface area (Å²) in [6, 6.07) is 8.45. The molecule has 0 aromatic heterocycles. The normalized spacial score (nSPS) is 25.0. The van der Waals surface area contributed by atoms with Gasteiger partial charge in [-0.05, 0) is 44.4 Å².